The highest BCUT2D eigenvalue weighted by atomic mass is 32.2. The Kier molecular flexibility index (Phi) is 4.12. The van der Waals surface area contributed by atoms with Crippen LogP contribution in [0.4, 0.5) is 5.82 Å². The third kappa shape index (κ3) is 2.97. The lowest BCUT2D eigenvalue weighted by Gasteiger charge is -2.18. The first-order valence-corrected chi connectivity index (χ1v) is 8.67. The molecule has 8 heteroatoms. The minimum absolute atomic E-state index is 0.254. The third-order valence-corrected chi connectivity index (χ3v) is 5.64. The van der Waals surface area contributed by atoms with Crippen molar-refractivity contribution in [2.45, 2.75) is 24.3 Å². The van der Waals surface area contributed by atoms with Gasteiger partial charge >= 0.3 is 0 Å². The van der Waals surface area contributed by atoms with Crippen LogP contribution in [0.15, 0.2) is 35.6 Å². The molecule has 0 spiro atoms. The number of pyridine rings is 1. The Morgan fingerprint density at radius 3 is 2.64 bits per heavy atom. The van der Waals surface area contributed by atoms with Crippen LogP contribution in [-0.2, 0) is 16.6 Å². The highest BCUT2D eigenvalue weighted by Gasteiger charge is 2.27. The molecule has 7 nitrogen and oxygen atoms in total. The largest absolute Gasteiger partial charge is 0.352 e. The van der Waals surface area contributed by atoms with Crippen molar-refractivity contribution in [2.75, 3.05) is 25.0 Å². The second-order valence-corrected chi connectivity index (χ2v) is 7.29. The topological polar surface area (TPSA) is 82.2 Å². The molecule has 1 aliphatic heterocycles. The fraction of sp³-hybridized carbons (Fsp3) is 0.429. The Morgan fingerprint density at radius 2 is 2.05 bits per heavy atom. The van der Waals surface area contributed by atoms with Crippen LogP contribution in [0.3, 0.4) is 0 Å². The number of nitrogens with one attached hydrogen (secondary N) is 1. The van der Waals surface area contributed by atoms with Crippen LogP contribution in [0.25, 0.3) is 0 Å². The monoisotopic (exact) mass is 321 g/mol. The molecule has 0 radical (unpaired) electrons. The lowest BCUT2D eigenvalue weighted by molar-refractivity contribution is 0.477. The van der Waals surface area contributed by atoms with Gasteiger partial charge in [0.1, 0.15) is 16.5 Å². The molecule has 1 aliphatic rings. The molecule has 0 atom stereocenters. The zero-order valence-electron chi connectivity index (χ0n) is 12.4. The number of sulfonamides is 1. The molecule has 0 aromatic carbocycles. The van der Waals surface area contributed by atoms with Gasteiger partial charge in [-0.25, -0.2) is 18.4 Å². The number of aromatic nitrogens is 3. The van der Waals surface area contributed by atoms with Crippen molar-refractivity contribution in [3.05, 3.63) is 36.5 Å². The van der Waals surface area contributed by atoms with E-state index in [1.807, 2.05) is 11.9 Å². The lowest BCUT2D eigenvalue weighted by Crippen LogP contribution is -2.28. The van der Waals surface area contributed by atoms with Crippen molar-refractivity contribution in [2.24, 2.45) is 0 Å². The summed E-state index contributed by atoms with van der Waals surface area (Å²) in [7, 11) is -1.51. The van der Waals surface area contributed by atoms with E-state index in [-0.39, 0.29) is 4.90 Å². The van der Waals surface area contributed by atoms with Crippen molar-refractivity contribution in [3.8, 4) is 0 Å². The molecule has 0 aliphatic carbocycles. The van der Waals surface area contributed by atoms with Crippen LogP contribution in [-0.4, -0.2) is 47.8 Å². The van der Waals surface area contributed by atoms with Crippen LogP contribution in [0.1, 0.15) is 18.7 Å². The van der Waals surface area contributed by atoms with Gasteiger partial charge in [-0.3, -0.25) is 0 Å². The number of rotatable bonds is 5. The first kappa shape index (κ1) is 15.0. The predicted octanol–water partition coefficient (Wildman–Crippen LogP) is 1.23. The average Bonchev–Trinajstić information content (AvgIpc) is 3.21. The van der Waals surface area contributed by atoms with Gasteiger partial charge in [-0.15, -0.1) is 0 Å². The molecular formula is C14H19N5O2S. The minimum atomic E-state index is -3.40. The number of imidazole rings is 1. The quantitative estimate of drug-likeness (QED) is 0.895. The van der Waals surface area contributed by atoms with E-state index in [2.05, 4.69) is 15.0 Å². The fourth-order valence-corrected chi connectivity index (χ4v) is 3.98. The van der Waals surface area contributed by atoms with E-state index in [4.69, 9.17) is 0 Å². The maximum Gasteiger partial charge on any atom is 0.244 e. The zero-order chi connectivity index (χ0) is 15.6. The van der Waals surface area contributed by atoms with Crippen molar-refractivity contribution >= 4 is 15.8 Å². The van der Waals surface area contributed by atoms with Gasteiger partial charge in [-0.1, -0.05) is 0 Å². The molecular weight excluding hydrogens is 302 g/mol. The molecule has 1 N–H and O–H groups in total. The molecule has 1 fully saturated rings. The molecule has 1 saturated heterocycles. The first-order valence-electron chi connectivity index (χ1n) is 7.23. The smallest absolute Gasteiger partial charge is 0.244 e. The molecule has 2 aromatic heterocycles. The summed E-state index contributed by atoms with van der Waals surface area (Å²) in [6, 6.07) is 3.35. The number of hydrogen-bond acceptors (Lipinski definition) is 5. The molecule has 0 amide bonds. The molecule has 3 heterocycles. The normalized spacial score (nSPS) is 16.0. The second kappa shape index (κ2) is 6.05. The minimum Gasteiger partial charge on any atom is -0.352 e. The molecule has 0 saturated carbocycles. The standard InChI is InChI=1S/C14H19N5O2S/c1-18(11-13-15-6-7-16-13)14-5-4-12(10-17-14)22(20,21)19-8-2-3-9-19/h4-7,10H,2-3,8-9,11H2,1H3,(H,15,16). The van der Waals surface area contributed by atoms with Crippen molar-refractivity contribution < 1.29 is 8.42 Å². The van der Waals surface area contributed by atoms with Crippen LogP contribution >= 0.6 is 0 Å². The van der Waals surface area contributed by atoms with Gasteiger partial charge in [-0.2, -0.15) is 4.31 Å². The van der Waals surface area contributed by atoms with Gasteiger partial charge in [0.2, 0.25) is 10.0 Å². The Bertz CT molecular complexity index is 706. The fourth-order valence-electron chi connectivity index (χ4n) is 2.52. The molecule has 118 valence electrons. The highest BCUT2D eigenvalue weighted by molar-refractivity contribution is 7.89. The zero-order valence-corrected chi connectivity index (χ0v) is 13.3. The lowest BCUT2D eigenvalue weighted by atomic mass is 10.4. The summed E-state index contributed by atoms with van der Waals surface area (Å²) in [6.45, 7) is 1.78. The van der Waals surface area contributed by atoms with E-state index in [1.54, 1.807) is 24.5 Å². The Hall–Kier alpha value is -1.93. The SMILES string of the molecule is CN(Cc1ncc[nH]1)c1ccc(S(=O)(=O)N2CCCC2)cn1. The van der Waals surface area contributed by atoms with Gasteiger partial charge in [0.15, 0.2) is 0 Å². The van der Waals surface area contributed by atoms with E-state index >= 15 is 0 Å². The van der Waals surface area contributed by atoms with Crippen LogP contribution in [0.5, 0.6) is 0 Å². The van der Waals surface area contributed by atoms with Crippen LogP contribution < -0.4 is 4.90 Å². The van der Waals surface area contributed by atoms with E-state index in [0.717, 1.165) is 18.7 Å². The van der Waals surface area contributed by atoms with Crippen molar-refractivity contribution in [3.63, 3.8) is 0 Å². The van der Waals surface area contributed by atoms with Gasteiger partial charge in [-0.05, 0) is 25.0 Å². The van der Waals surface area contributed by atoms with Crippen LogP contribution in [0, 0.1) is 0 Å². The van der Waals surface area contributed by atoms with Gasteiger partial charge in [0.05, 0.1) is 6.54 Å². The number of nitrogens with zero attached hydrogens (tertiary/aromatic N) is 4. The summed E-state index contributed by atoms with van der Waals surface area (Å²) in [6.07, 6.45) is 6.75. The first-order chi connectivity index (χ1) is 10.6. The van der Waals surface area contributed by atoms with E-state index < -0.39 is 10.0 Å². The Morgan fingerprint density at radius 1 is 1.27 bits per heavy atom. The van der Waals surface area contributed by atoms with Gasteiger partial charge < -0.3 is 9.88 Å². The van der Waals surface area contributed by atoms with E-state index in [0.29, 0.717) is 25.5 Å². The molecule has 0 unspecified atom stereocenters. The van der Waals surface area contributed by atoms with Crippen LogP contribution in [0.2, 0.25) is 0 Å². The molecule has 22 heavy (non-hydrogen) atoms. The average molecular weight is 321 g/mol. The Labute approximate surface area is 130 Å². The number of anilines is 1. The summed E-state index contributed by atoms with van der Waals surface area (Å²) in [5, 5.41) is 0. The number of H-pyrrole nitrogens is 1. The number of aromatic amines is 1. The maximum absolute atomic E-state index is 12.4. The summed E-state index contributed by atoms with van der Waals surface area (Å²) < 4.78 is 26.4. The molecule has 2 aromatic rings. The number of hydrogen-bond donors (Lipinski definition) is 1. The molecule has 3 rings (SSSR count). The summed E-state index contributed by atoms with van der Waals surface area (Å²) in [5.74, 6) is 1.54. The summed E-state index contributed by atoms with van der Waals surface area (Å²) >= 11 is 0. The summed E-state index contributed by atoms with van der Waals surface area (Å²) in [4.78, 5) is 13.6. The second-order valence-electron chi connectivity index (χ2n) is 5.36. The van der Waals surface area contributed by atoms with Gasteiger partial charge in [0, 0.05) is 38.7 Å². The summed E-state index contributed by atoms with van der Waals surface area (Å²) in [5.41, 5.74) is 0. The predicted molar refractivity (Wildman–Crippen MR) is 82.9 cm³/mol. The van der Waals surface area contributed by atoms with Crippen molar-refractivity contribution in [1.29, 1.82) is 0 Å². The van der Waals surface area contributed by atoms with E-state index in [1.165, 1.54) is 10.5 Å². The third-order valence-electron chi connectivity index (χ3n) is 3.76. The van der Waals surface area contributed by atoms with Gasteiger partial charge in [0.25, 0.3) is 0 Å². The van der Waals surface area contributed by atoms with E-state index in [9.17, 15) is 8.42 Å². The van der Waals surface area contributed by atoms with Crippen molar-refractivity contribution in [1.82, 2.24) is 19.3 Å². The Balaban J connectivity index is 1.74. The highest BCUT2D eigenvalue weighted by Crippen LogP contribution is 2.21. The molecule has 0 bridgehead atoms. The maximum atomic E-state index is 12.4.